The topological polar surface area (TPSA) is 53.5 Å². The summed E-state index contributed by atoms with van der Waals surface area (Å²) < 4.78 is 17.0. The van der Waals surface area contributed by atoms with Crippen LogP contribution in [0.15, 0.2) is 12.4 Å². The summed E-state index contributed by atoms with van der Waals surface area (Å²) in [4.78, 5) is 8.11. The molecule has 86 valence electrons. The van der Waals surface area contributed by atoms with Gasteiger partial charge in [0.2, 0.25) is 0 Å². The second-order valence-electron chi connectivity index (χ2n) is 4.65. The maximum atomic E-state index is 5.68. The summed E-state index contributed by atoms with van der Waals surface area (Å²) in [5, 5.41) is 0.340. The Bertz CT molecular complexity index is 395. The van der Waals surface area contributed by atoms with Gasteiger partial charge in [-0.3, -0.25) is 4.98 Å². The van der Waals surface area contributed by atoms with Crippen molar-refractivity contribution < 1.29 is 32.8 Å². The molecule has 0 atom stereocenters. The summed E-state index contributed by atoms with van der Waals surface area (Å²) in [6.45, 7) is 2.04. The molecule has 8 heteroatoms. The molecule has 0 spiro atoms. The first-order chi connectivity index (χ1) is 7.62. The van der Waals surface area contributed by atoms with Gasteiger partial charge < -0.3 is 14.0 Å². The quantitative estimate of drug-likeness (QED) is 0.509. The Morgan fingerprint density at radius 1 is 1.18 bits per heavy atom. The first kappa shape index (κ1) is 13.3. The number of hydrogen-bond acceptors (Lipinski definition) is 5. The molecule has 1 aromatic heterocycles. The van der Waals surface area contributed by atoms with Crippen LogP contribution in [0.2, 0.25) is 5.15 Å². The minimum atomic E-state index is -1.90. The van der Waals surface area contributed by atoms with Gasteiger partial charge >= 0.3 is 25.6 Å². The molecule has 5 nitrogen and oxygen atoms in total. The molecule has 0 saturated carbocycles. The second kappa shape index (κ2) is 4.54. The van der Waals surface area contributed by atoms with E-state index in [1.165, 1.54) is 12.4 Å². The zero-order valence-corrected chi connectivity index (χ0v) is 10.6. The molecule has 3 aliphatic heterocycles. The minimum absolute atomic E-state index is 0. The maximum absolute atomic E-state index is 5.68. The molecule has 0 aliphatic carbocycles. The van der Waals surface area contributed by atoms with Crippen LogP contribution in [0.1, 0.15) is 6.92 Å². The summed E-state index contributed by atoms with van der Waals surface area (Å²) in [5.41, 5.74) is 0.523. The molecule has 0 aromatic carbocycles. The van der Waals surface area contributed by atoms with Crippen molar-refractivity contribution in [3.8, 4) is 0 Å². The van der Waals surface area contributed by atoms with Crippen LogP contribution in [-0.2, 0) is 14.0 Å². The van der Waals surface area contributed by atoms with Crippen LogP contribution in [0, 0.1) is 5.41 Å². The van der Waals surface area contributed by atoms with E-state index < -0.39 is 6.75 Å². The van der Waals surface area contributed by atoms with E-state index in [1.807, 2.05) is 0 Å². The molecule has 4 heterocycles. The maximum Gasteiger partial charge on any atom is 1.00 e. The van der Waals surface area contributed by atoms with Crippen molar-refractivity contribution in [1.29, 1.82) is 0 Å². The standard InChI is InChI=1S/C9H11BClN2O3.Li/c1-9-4-14-10(15-5-9,16-6-9)7-2-13-8(11)3-12-7;/h2-3H,4-6H2,1H3;/q-1;+1. The molecule has 0 amide bonds. The van der Waals surface area contributed by atoms with Gasteiger partial charge in [-0.15, -0.1) is 0 Å². The van der Waals surface area contributed by atoms with Gasteiger partial charge in [0.15, 0.2) is 0 Å². The van der Waals surface area contributed by atoms with E-state index >= 15 is 0 Å². The van der Waals surface area contributed by atoms with Crippen LogP contribution in [0.3, 0.4) is 0 Å². The van der Waals surface area contributed by atoms with E-state index in [0.717, 1.165) is 0 Å². The average molecular weight is 248 g/mol. The molecule has 17 heavy (non-hydrogen) atoms. The van der Waals surface area contributed by atoms with E-state index in [4.69, 9.17) is 25.6 Å². The van der Waals surface area contributed by atoms with Crippen LogP contribution in [0.5, 0.6) is 0 Å². The number of aromatic nitrogens is 2. The number of rotatable bonds is 1. The zero-order valence-electron chi connectivity index (χ0n) is 9.85. The predicted molar refractivity (Wildman–Crippen MR) is 58.4 cm³/mol. The Labute approximate surface area is 116 Å². The monoisotopic (exact) mass is 248 g/mol. The van der Waals surface area contributed by atoms with Gasteiger partial charge in [0.05, 0.1) is 6.20 Å². The minimum Gasteiger partial charge on any atom is -0.539 e. The van der Waals surface area contributed by atoms with Crippen LogP contribution in [-0.4, -0.2) is 36.5 Å². The molecule has 3 aliphatic rings. The fourth-order valence-corrected chi connectivity index (χ4v) is 2.06. The van der Waals surface area contributed by atoms with E-state index in [2.05, 4.69) is 16.9 Å². The van der Waals surface area contributed by atoms with Gasteiger partial charge in [-0.1, -0.05) is 18.5 Å². The van der Waals surface area contributed by atoms with Crippen LogP contribution >= 0.6 is 11.6 Å². The Kier molecular flexibility index (Phi) is 3.57. The Morgan fingerprint density at radius 2 is 1.76 bits per heavy atom. The molecule has 3 fully saturated rings. The van der Waals surface area contributed by atoms with Crippen LogP contribution < -0.4 is 24.5 Å². The molecule has 1 aromatic rings. The average Bonchev–Trinajstić information content (AvgIpc) is 2.31. The molecule has 3 saturated heterocycles. The molecule has 0 radical (unpaired) electrons. The Hall–Kier alpha value is -0.0877. The molecular weight excluding hydrogens is 237 g/mol. The van der Waals surface area contributed by atoms with Gasteiger partial charge in [0.1, 0.15) is 5.15 Å². The number of fused-ring (bicyclic) bond motifs is 3. The number of halogens is 1. The van der Waals surface area contributed by atoms with Crippen molar-refractivity contribution in [3.63, 3.8) is 0 Å². The van der Waals surface area contributed by atoms with E-state index in [0.29, 0.717) is 30.6 Å². The van der Waals surface area contributed by atoms with E-state index in [-0.39, 0.29) is 24.3 Å². The van der Waals surface area contributed by atoms with Crippen molar-refractivity contribution in [1.82, 2.24) is 9.97 Å². The van der Waals surface area contributed by atoms with Crippen LogP contribution in [0.4, 0.5) is 0 Å². The summed E-state index contributed by atoms with van der Waals surface area (Å²) in [5.74, 6) is 0. The first-order valence-electron chi connectivity index (χ1n) is 5.15. The SMILES string of the molecule is CC12CO[B-](c3cnc(Cl)cn3)(OC1)OC2.[Li+]. The molecular formula is C9H11BClLiN2O3. The third kappa shape index (κ3) is 2.26. The third-order valence-electron chi connectivity index (χ3n) is 2.96. The Morgan fingerprint density at radius 3 is 2.24 bits per heavy atom. The first-order valence-corrected chi connectivity index (χ1v) is 5.53. The second-order valence-corrected chi connectivity index (χ2v) is 5.04. The smallest absolute Gasteiger partial charge is 0.539 e. The largest absolute Gasteiger partial charge is 1.00 e. The molecule has 0 N–H and O–H groups in total. The normalized spacial score (nSPS) is 35.4. The predicted octanol–water partition coefficient (Wildman–Crippen LogP) is -2.64. The summed E-state index contributed by atoms with van der Waals surface area (Å²) in [6.07, 6.45) is 3.00. The zero-order chi connectivity index (χ0) is 11.2. The number of nitrogens with zero attached hydrogens (tertiary/aromatic N) is 2. The van der Waals surface area contributed by atoms with Crippen molar-refractivity contribution in [2.45, 2.75) is 6.92 Å². The van der Waals surface area contributed by atoms with Gasteiger partial charge in [-0.25, -0.2) is 4.98 Å². The van der Waals surface area contributed by atoms with E-state index in [9.17, 15) is 0 Å². The van der Waals surface area contributed by atoms with Gasteiger partial charge in [-0.05, 0) is 5.59 Å². The van der Waals surface area contributed by atoms with Gasteiger partial charge in [0.25, 0.3) is 0 Å². The fourth-order valence-electron chi connectivity index (χ4n) is 1.96. The summed E-state index contributed by atoms with van der Waals surface area (Å²) in [6, 6.07) is 0. The molecule has 2 bridgehead atoms. The van der Waals surface area contributed by atoms with E-state index in [1.54, 1.807) is 0 Å². The van der Waals surface area contributed by atoms with Gasteiger partial charge in [-0.2, -0.15) is 0 Å². The van der Waals surface area contributed by atoms with Gasteiger partial charge in [0, 0.05) is 31.4 Å². The Balaban J connectivity index is 0.00000108. The van der Waals surface area contributed by atoms with Crippen LogP contribution in [0.25, 0.3) is 0 Å². The molecule has 0 unspecified atom stereocenters. The van der Waals surface area contributed by atoms with Crippen molar-refractivity contribution in [2.75, 3.05) is 19.8 Å². The third-order valence-corrected chi connectivity index (χ3v) is 3.15. The fraction of sp³-hybridized carbons (Fsp3) is 0.556. The summed E-state index contributed by atoms with van der Waals surface area (Å²) in [7, 11) is 0. The summed E-state index contributed by atoms with van der Waals surface area (Å²) >= 11 is 5.68. The molecule has 4 rings (SSSR count). The van der Waals surface area contributed by atoms with Crippen molar-refractivity contribution in [2.24, 2.45) is 5.41 Å². The van der Waals surface area contributed by atoms with Crippen molar-refractivity contribution in [3.05, 3.63) is 17.5 Å². The van der Waals surface area contributed by atoms with Crippen molar-refractivity contribution >= 4 is 23.9 Å². The number of hydrogen-bond donors (Lipinski definition) is 0.